The Morgan fingerprint density at radius 3 is 2.22 bits per heavy atom. The summed E-state index contributed by atoms with van der Waals surface area (Å²) in [5.74, 6) is 0.383. The van der Waals surface area contributed by atoms with Crippen LogP contribution >= 0.6 is 0 Å². The highest BCUT2D eigenvalue weighted by atomic mass is 32.2. The van der Waals surface area contributed by atoms with Crippen LogP contribution in [0.15, 0.2) is 65.6 Å². The van der Waals surface area contributed by atoms with Crippen LogP contribution in [0.2, 0.25) is 0 Å². The van der Waals surface area contributed by atoms with E-state index in [1.54, 1.807) is 32.2 Å². The van der Waals surface area contributed by atoms with Gasteiger partial charge in [-0.1, -0.05) is 30.3 Å². The highest BCUT2D eigenvalue weighted by molar-refractivity contribution is 7.92. The van der Waals surface area contributed by atoms with Crippen molar-refractivity contribution >= 4 is 21.6 Å². The fourth-order valence-corrected chi connectivity index (χ4v) is 4.73. The second kappa shape index (κ2) is 9.44. The molecule has 1 amide bonds. The Labute approximate surface area is 189 Å². The quantitative estimate of drug-likeness (QED) is 0.533. The molecule has 168 valence electrons. The molecule has 6 nitrogen and oxygen atoms in total. The number of carbonyl (C=O) groups excluding carboxylic acids is 1. The van der Waals surface area contributed by atoms with Crippen LogP contribution in [0.5, 0.6) is 5.75 Å². The van der Waals surface area contributed by atoms with Crippen LogP contribution in [0.3, 0.4) is 0 Å². The first-order chi connectivity index (χ1) is 15.1. The van der Waals surface area contributed by atoms with E-state index >= 15 is 0 Å². The molecular formula is C25H28N2O4S. The summed E-state index contributed by atoms with van der Waals surface area (Å²) in [7, 11) is -2.28. The van der Waals surface area contributed by atoms with Crippen LogP contribution in [-0.2, 0) is 10.0 Å². The van der Waals surface area contributed by atoms with Gasteiger partial charge < -0.3 is 10.1 Å². The van der Waals surface area contributed by atoms with Crippen molar-refractivity contribution in [3.8, 4) is 5.75 Å². The van der Waals surface area contributed by atoms with E-state index in [0.717, 1.165) is 22.4 Å². The number of benzene rings is 3. The maximum atomic E-state index is 13.1. The van der Waals surface area contributed by atoms with Crippen LogP contribution in [0, 0.1) is 20.8 Å². The molecule has 3 rings (SSSR count). The number of aryl methyl sites for hydroxylation is 3. The molecule has 0 heterocycles. The van der Waals surface area contributed by atoms with E-state index in [1.165, 1.54) is 6.07 Å². The van der Waals surface area contributed by atoms with E-state index in [9.17, 15) is 13.2 Å². The largest absolute Gasteiger partial charge is 0.497 e. The van der Waals surface area contributed by atoms with Gasteiger partial charge in [-0.15, -0.1) is 0 Å². The molecule has 0 aromatic heterocycles. The highest BCUT2D eigenvalue weighted by Gasteiger charge is 2.21. The van der Waals surface area contributed by atoms with Crippen molar-refractivity contribution in [3.63, 3.8) is 0 Å². The van der Waals surface area contributed by atoms with Gasteiger partial charge in [-0.05, 0) is 80.3 Å². The maximum Gasteiger partial charge on any atom is 0.262 e. The van der Waals surface area contributed by atoms with E-state index in [0.29, 0.717) is 11.3 Å². The molecule has 3 aromatic carbocycles. The molecule has 0 spiro atoms. The number of anilines is 1. The SMILES string of the molecule is COc1ccc([C@@H](C)NC(=O)c2ccc(C)c(S(=O)(=O)Nc3cc(C)ccc3C)c2)cc1. The zero-order chi connectivity index (χ0) is 23.5. The summed E-state index contributed by atoms with van der Waals surface area (Å²) in [6.45, 7) is 7.32. The first-order valence-corrected chi connectivity index (χ1v) is 11.7. The summed E-state index contributed by atoms with van der Waals surface area (Å²) in [5, 5.41) is 2.92. The Morgan fingerprint density at radius 2 is 1.56 bits per heavy atom. The number of hydrogen-bond donors (Lipinski definition) is 2. The predicted octanol–water partition coefficient (Wildman–Crippen LogP) is 4.91. The number of hydrogen-bond acceptors (Lipinski definition) is 4. The van der Waals surface area contributed by atoms with E-state index in [2.05, 4.69) is 10.0 Å². The summed E-state index contributed by atoms with van der Waals surface area (Å²) in [6.07, 6.45) is 0. The van der Waals surface area contributed by atoms with E-state index in [4.69, 9.17) is 4.74 Å². The second-order valence-corrected chi connectivity index (χ2v) is 9.52. The van der Waals surface area contributed by atoms with Crippen molar-refractivity contribution in [2.75, 3.05) is 11.8 Å². The minimum atomic E-state index is -3.87. The summed E-state index contributed by atoms with van der Waals surface area (Å²) in [6, 6.07) is 17.4. The highest BCUT2D eigenvalue weighted by Crippen LogP contribution is 2.24. The molecule has 0 unspecified atom stereocenters. The first kappa shape index (κ1) is 23.3. The standard InChI is InChI=1S/C25H28N2O4S/c1-16-6-7-17(2)23(14-16)27-32(29,30)24-15-21(9-8-18(24)3)25(28)26-19(4)20-10-12-22(31-5)13-11-20/h6-15,19,27H,1-5H3,(H,26,28)/t19-/m1/s1. The fraction of sp³-hybridized carbons (Fsp3) is 0.240. The molecule has 0 bridgehead atoms. The molecule has 1 atom stereocenters. The predicted molar refractivity (Wildman–Crippen MR) is 127 cm³/mol. The molecule has 0 fully saturated rings. The zero-order valence-electron chi connectivity index (χ0n) is 18.9. The van der Waals surface area contributed by atoms with Gasteiger partial charge in [0.15, 0.2) is 0 Å². The Morgan fingerprint density at radius 1 is 0.906 bits per heavy atom. The zero-order valence-corrected chi connectivity index (χ0v) is 19.7. The molecule has 32 heavy (non-hydrogen) atoms. The van der Waals surface area contributed by atoms with Crippen LogP contribution in [0.4, 0.5) is 5.69 Å². The number of carbonyl (C=O) groups is 1. The van der Waals surface area contributed by atoms with E-state index < -0.39 is 10.0 Å². The third kappa shape index (κ3) is 5.29. The molecule has 0 aliphatic carbocycles. The van der Waals surface area contributed by atoms with Crippen molar-refractivity contribution < 1.29 is 17.9 Å². The van der Waals surface area contributed by atoms with Gasteiger partial charge in [0.25, 0.3) is 15.9 Å². The van der Waals surface area contributed by atoms with Gasteiger partial charge >= 0.3 is 0 Å². The van der Waals surface area contributed by atoms with Gasteiger partial charge in [0.05, 0.1) is 23.7 Å². The van der Waals surface area contributed by atoms with Gasteiger partial charge in [-0.2, -0.15) is 0 Å². The third-order valence-electron chi connectivity index (χ3n) is 5.34. The molecule has 0 saturated heterocycles. The lowest BCUT2D eigenvalue weighted by Gasteiger charge is -2.16. The molecule has 2 N–H and O–H groups in total. The van der Waals surface area contributed by atoms with Gasteiger partial charge in [0, 0.05) is 5.56 Å². The van der Waals surface area contributed by atoms with Crippen LogP contribution in [0.25, 0.3) is 0 Å². The number of methoxy groups -OCH3 is 1. The van der Waals surface area contributed by atoms with Crippen LogP contribution < -0.4 is 14.8 Å². The summed E-state index contributed by atoms with van der Waals surface area (Å²) in [5.41, 5.74) is 4.03. The molecule has 3 aromatic rings. The van der Waals surface area contributed by atoms with Crippen molar-refractivity contribution in [2.24, 2.45) is 0 Å². The second-order valence-electron chi connectivity index (χ2n) is 7.87. The number of ether oxygens (including phenoxy) is 1. The number of nitrogens with one attached hydrogen (secondary N) is 2. The molecule has 0 aliphatic rings. The lowest BCUT2D eigenvalue weighted by Crippen LogP contribution is -2.27. The average molecular weight is 453 g/mol. The van der Waals surface area contributed by atoms with Gasteiger partial charge in [0.2, 0.25) is 0 Å². The monoisotopic (exact) mass is 452 g/mol. The van der Waals surface area contributed by atoms with Crippen LogP contribution in [-0.4, -0.2) is 21.4 Å². The lowest BCUT2D eigenvalue weighted by molar-refractivity contribution is 0.0939. The average Bonchev–Trinajstić information content (AvgIpc) is 2.76. The smallest absolute Gasteiger partial charge is 0.262 e. The summed E-state index contributed by atoms with van der Waals surface area (Å²) in [4.78, 5) is 12.9. The number of rotatable bonds is 7. The molecular weight excluding hydrogens is 424 g/mol. The summed E-state index contributed by atoms with van der Waals surface area (Å²) < 4.78 is 34.0. The Balaban J connectivity index is 1.83. The Kier molecular flexibility index (Phi) is 6.89. The minimum Gasteiger partial charge on any atom is -0.497 e. The number of amides is 1. The Hall–Kier alpha value is -3.32. The first-order valence-electron chi connectivity index (χ1n) is 10.3. The van der Waals surface area contributed by atoms with Crippen molar-refractivity contribution in [3.05, 3.63) is 88.5 Å². The maximum absolute atomic E-state index is 13.1. The summed E-state index contributed by atoms with van der Waals surface area (Å²) >= 11 is 0. The molecule has 0 radical (unpaired) electrons. The van der Waals surface area contributed by atoms with E-state index in [1.807, 2.05) is 57.2 Å². The lowest BCUT2D eigenvalue weighted by atomic mass is 10.1. The third-order valence-corrected chi connectivity index (χ3v) is 6.85. The van der Waals surface area contributed by atoms with Gasteiger partial charge in [-0.25, -0.2) is 8.42 Å². The normalized spacial score (nSPS) is 12.2. The Bertz CT molecular complexity index is 1240. The molecule has 0 aliphatic heterocycles. The fourth-order valence-electron chi connectivity index (χ4n) is 3.33. The number of sulfonamides is 1. The molecule has 0 saturated carbocycles. The topological polar surface area (TPSA) is 84.5 Å². The van der Waals surface area contributed by atoms with E-state index in [-0.39, 0.29) is 22.4 Å². The molecule has 7 heteroatoms. The minimum absolute atomic E-state index is 0.0724. The van der Waals surface area contributed by atoms with Crippen molar-refractivity contribution in [1.82, 2.24) is 5.32 Å². The van der Waals surface area contributed by atoms with Gasteiger partial charge in [0.1, 0.15) is 5.75 Å². The van der Waals surface area contributed by atoms with Crippen molar-refractivity contribution in [1.29, 1.82) is 0 Å². The van der Waals surface area contributed by atoms with Gasteiger partial charge in [-0.3, -0.25) is 9.52 Å². The van der Waals surface area contributed by atoms with Crippen LogP contribution in [0.1, 0.15) is 45.6 Å². The van der Waals surface area contributed by atoms with Crippen molar-refractivity contribution in [2.45, 2.75) is 38.6 Å².